The molecule has 11 heteroatoms. The van der Waals surface area contributed by atoms with E-state index in [1.54, 1.807) is 13.8 Å². The molecule has 1 heterocycles. The summed E-state index contributed by atoms with van der Waals surface area (Å²) in [6.45, 7) is 3.31. The Hall–Kier alpha value is -2.69. The molecule has 0 aromatic rings. The van der Waals surface area contributed by atoms with Crippen LogP contribution in [-0.2, 0) is 24.0 Å². The molecule has 0 aromatic carbocycles. The van der Waals surface area contributed by atoms with Crippen LogP contribution < -0.4 is 16.4 Å². The summed E-state index contributed by atoms with van der Waals surface area (Å²) in [5.41, 5.74) is 5.55. The highest BCUT2D eigenvalue weighted by atomic mass is 16.4. The number of carbonyl (C=O) groups is 5. The maximum absolute atomic E-state index is 12.7. The lowest BCUT2D eigenvalue weighted by Gasteiger charge is -2.29. The second-order valence-electron chi connectivity index (χ2n) is 7.07. The molecule has 28 heavy (non-hydrogen) atoms. The van der Waals surface area contributed by atoms with Crippen molar-refractivity contribution in [3.8, 4) is 0 Å². The topological polar surface area (TPSA) is 179 Å². The Morgan fingerprint density at radius 3 is 2.36 bits per heavy atom. The van der Waals surface area contributed by atoms with Gasteiger partial charge in [0.2, 0.25) is 17.7 Å². The zero-order valence-corrected chi connectivity index (χ0v) is 16.0. The summed E-state index contributed by atoms with van der Waals surface area (Å²) in [5.74, 6) is -4.23. The van der Waals surface area contributed by atoms with Gasteiger partial charge in [0.25, 0.3) is 0 Å². The summed E-state index contributed by atoms with van der Waals surface area (Å²) in [7, 11) is 0. The van der Waals surface area contributed by atoms with Gasteiger partial charge in [0.1, 0.15) is 12.1 Å². The SMILES string of the molecule is CC(C)C(NC(=O)CNC(=O)C(N)CCC(=O)O)C(=O)N1CCCC1C(=O)O. The summed E-state index contributed by atoms with van der Waals surface area (Å²) in [4.78, 5) is 59.7. The van der Waals surface area contributed by atoms with E-state index in [4.69, 9.17) is 10.8 Å². The molecule has 1 aliphatic heterocycles. The van der Waals surface area contributed by atoms with Gasteiger partial charge in [-0.3, -0.25) is 19.2 Å². The van der Waals surface area contributed by atoms with Crippen molar-refractivity contribution in [2.24, 2.45) is 11.7 Å². The van der Waals surface area contributed by atoms with Crippen LogP contribution in [0.4, 0.5) is 0 Å². The predicted octanol–water partition coefficient (Wildman–Crippen LogP) is -1.49. The summed E-state index contributed by atoms with van der Waals surface area (Å²) in [6, 6.07) is -2.89. The van der Waals surface area contributed by atoms with Crippen LogP contribution in [-0.4, -0.2) is 76.0 Å². The van der Waals surface area contributed by atoms with Crippen LogP contribution >= 0.6 is 0 Å². The fourth-order valence-electron chi connectivity index (χ4n) is 2.91. The van der Waals surface area contributed by atoms with Gasteiger partial charge < -0.3 is 31.5 Å². The lowest BCUT2D eigenvalue weighted by molar-refractivity contribution is -0.150. The van der Waals surface area contributed by atoms with E-state index in [-0.39, 0.29) is 18.8 Å². The minimum atomic E-state index is -1.08. The van der Waals surface area contributed by atoms with E-state index in [0.29, 0.717) is 19.4 Å². The third-order valence-corrected chi connectivity index (χ3v) is 4.50. The molecule has 0 aliphatic carbocycles. The smallest absolute Gasteiger partial charge is 0.326 e. The lowest BCUT2D eigenvalue weighted by Crippen LogP contribution is -2.55. The second-order valence-corrected chi connectivity index (χ2v) is 7.07. The number of carboxylic acid groups (broad SMARTS) is 2. The van der Waals surface area contributed by atoms with E-state index in [1.807, 2.05) is 0 Å². The van der Waals surface area contributed by atoms with E-state index in [9.17, 15) is 29.1 Å². The molecule has 1 fully saturated rings. The molecular formula is C17H28N4O7. The van der Waals surface area contributed by atoms with Gasteiger partial charge in [0, 0.05) is 13.0 Å². The van der Waals surface area contributed by atoms with Crippen molar-refractivity contribution < 1.29 is 34.2 Å². The minimum Gasteiger partial charge on any atom is -0.481 e. The van der Waals surface area contributed by atoms with Crippen LogP contribution in [0, 0.1) is 5.92 Å². The number of hydrogen-bond donors (Lipinski definition) is 5. The fraction of sp³-hybridized carbons (Fsp3) is 0.706. The molecule has 0 spiro atoms. The van der Waals surface area contributed by atoms with Gasteiger partial charge in [-0.15, -0.1) is 0 Å². The standard InChI is InChI=1S/C17H28N4O7/c1-9(2)14(16(26)21-7-3-4-11(21)17(27)28)20-12(22)8-19-15(25)10(18)5-6-13(23)24/h9-11,14H,3-8,18H2,1-2H3,(H,19,25)(H,20,22)(H,23,24)(H,27,28). The number of nitrogens with one attached hydrogen (secondary N) is 2. The van der Waals surface area contributed by atoms with Crippen molar-refractivity contribution in [3.05, 3.63) is 0 Å². The van der Waals surface area contributed by atoms with Gasteiger partial charge in [0.05, 0.1) is 12.6 Å². The lowest BCUT2D eigenvalue weighted by atomic mass is 10.0. The first-order chi connectivity index (χ1) is 13.0. The highest BCUT2D eigenvalue weighted by molar-refractivity contribution is 5.93. The van der Waals surface area contributed by atoms with Gasteiger partial charge >= 0.3 is 11.9 Å². The van der Waals surface area contributed by atoms with Gasteiger partial charge in [0.15, 0.2) is 0 Å². The molecule has 1 rings (SSSR count). The largest absolute Gasteiger partial charge is 0.481 e. The normalized spacial score (nSPS) is 18.4. The summed E-state index contributed by atoms with van der Waals surface area (Å²) in [6.07, 6.45) is 0.600. The van der Waals surface area contributed by atoms with E-state index in [0.717, 1.165) is 0 Å². The van der Waals surface area contributed by atoms with Gasteiger partial charge in [-0.05, 0) is 25.2 Å². The molecular weight excluding hydrogens is 372 g/mol. The first kappa shape index (κ1) is 23.3. The van der Waals surface area contributed by atoms with Crippen molar-refractivity contribution in [2.45, 2.75) is 57.7 Å². The van der Waals surface area contributed by atoms with Crippen LogP contribution in [0.15, 0.2) is 0 Å². The number of rotatable bonds is 10. The Morgan fingerprint density at radius 1 is 1.18 bits per heavy atom. The Balaban J connectivity index is 2.60. The van der Waals surface area contributed by atoms with Crippen molar-refractivity contribution in [1.82, 2.24) is 15.5 Å². The zero-order valence-electron chi connectivity index (χ0n) is 16.0. The average molecular weight is 400 g/mol. The van der Waals surface area contributed by atoms with Gasteiger partial charge in [-0.2, -0.15) is 0 Å². The number of likely N-dealkylation sites (tertiary alicyclic amines) is 1. The molecule has 0 aromatic heterocycles. The molecule has 3 atom stereocenters. The highest BCUT2D eigenvalue weighted by Gasteiger charge is 2.38. The molecule has 1 saturated heterocycles. The van der Waals surface area contributed by atoms with E-state index >= 15 is 0 Å². The highest BCUT2D eigenvalue weighted by Crippen LogP contribution is 2.20. The molecule has 158 valence electrons. The molecule has 11 nitrogen and oxygen atoms in total. The number of carboxylic acids is 2. The van der Waals surface area contributed by atoms with Crippen molar-refractivity contribution in [3.63, 3.8) is 0 Å². The van der Waals surface area contributed by atoms with E-state index < -0.39 is 54.3 Å². The van der Waals surface area contributed by atoms with Crippen LogP contribution in [0.2, 0.25) is 0 Å². The Bertz CT molecular complexity index is 623. The maximum atomic E-state index is 12.7. The van der Waals surface area contributed by atoms with Crippen LogP contribution in [0.5, 0.6) is 0 Å². The molecule has 1 aliphatic rings. The molecule has 0 radical (unpaired) electrons. The van der Waals surface area contributed by atoms with Crippen molar-refractivity contribution in [2.75, 3.05) is 13.1 Å². The Labute approximate surface area is 162 Å². The first-order valence-electron chi connectivity index (χ1n) is 9.12. The maximum Gasteiger partial charge on any atom is 0.326 e. The quantitative estimate of drug-likeness (QED) is 0.294. The third-order valence-electron chi connectivity index (χ3n) is 4.50. The molecule has 3 unspecified atom stereocenters. The third kappa shape index (κ3) is 6.80. The number of nitrogens with zero attached hydrogens (tertiary/aromatic N) is 1. The summed E-state index contributed by atoms with van der Waals surface area (Å²) < 4.78 is 0. The second kappa shape index (κ2) is 10.6. The van der Waals surface area contributed by atoms with Gasteiger partial charge in [-0.1, -0.05) is 13.8 Å². The number of amides is 3. The van der Waals surface area contributed by atoms with E-state index in [2.05, 4.69) is 10.6 Å². The molecule has 0 saturated carbocycles. The van der Waals surface area contributed by atoms with Crippen LogP contribution in [0.1, 0.15) is 39.5 Å². The van der Waals surface area contributed by atoms with Crippen LogP contribution in [0.3, 0.4) is 0 Å². The Kier molecular flexibility index (Phi) is 8.83. The van der Waals surface area contributed by atoms with Crippen molar-refractivity contribution >= 4 is 29.7 Å². The van der Waals surface area contributed by atoms with E-state index in [1.165, 1.54) is 4.90 Å². The fourth-order valence-corrected chi connectivity index (χ4v) is 2.91. The monoisotopic (exact) mass is 400 g/mol. The van der Waals surface area contributed by atoms with Gasteiger partial charge in [-0.25, -0.2) is 4.79 Å². The molecule has 3 amide bonds. The average Bonchev–Trinajstić information content (AvgIpc) is 3.11. The summed E-state index contributed by atoms with van der Waals surface area (Å²) >= 11 is 0. The number of aliphatic carboxylic acids is 2. The molecule has 6 N–H and O–H groups in total. The molecule has 0 bridgehead atoms. The summed E-state index contributed by atoms with van der Waals surface area (Å²) in [5, 5.41) is 22.6. The zero-order chi connectivity index (χ0) is 21.4. The Morgan fingerprint density at radius 2 is 1.82 bits per heavy atom. The first-order valence-corrected chi connectivity index (χ1v) is 9.12. The number of nitrogens with two attached hydrogens (primary N) is 1. The number of hydrogen-bond acceptors (Lipinski definition) is 6. The number of carbonyl (C=O) groups excluding carboxylic acids is 3. The predicted molar refractivity (Wildman–Crippen MR) is 97.0 cm³/mol. The minimum absolute atomic E-state index is 0.0680. The van der Waals surface area contributed by atoms with Crippen LogP contribution in [0.25, 0.3) is 0 Å². The van der Waals surface area contributed by atoms with Crippen molar-refractivity contribution in [1.29, 1.82) is 0 Å².